The summed E-state index contributed by atoms with van der Waals surface area (Å²) in [6.07, 6.45) is 0. The molecule has 8 nitrogen and oxygen atoms in total. The van der Waals surface area contributed by atoms with Crippen molar-refractivity contribution in [2.75, 3.05) is 19.8 Å². The van der Waals surface area contributed by atoms with Crippen molar-refractivity contribution in [3.8, 4) is 17.2 Å². The Morgan fingerprint density at radius 3 is 2.29 bits per heavy atom. The zero-order valence-corrected chi connectivity index (χ0v) is 20.3. The number of hydrogen-bond acceptors (Lipinski definition) is 6. The molecule has 3 rings (SSSR count). The molecule has 0 saturated carbocycles. The molecule has 3 aromatic carbocycles. The van der Waals surface area contributed by atoms with Gasteiger partial charge in [-0.15, -0.1) is 0 Å². The van der Waals surface area contributed by atoms with E-state index < -0.39 is 11.8 Å². The highest BCUT2D eigenvalue weighted by molar-refractivity contribution is 7.80. The average Bonchev–Trinajstić information content (AvgIpc) is 2.85. The lowest BCUT2D eigenvalue weighted by molar-refractivity contribution is -0.123. The van der Waals surface area contributed by atoms with Crippen LogP contribution in [0.1, 0.15) is 21.5 Å². The van der Waals surface area contributed by atoms with Crippen LogP contribution >= 0.6 is 12.2 Å². The molecular weight excluding hydrogens is 466 g/mol. The third-order valence-corrected chi connectivity index (χ3v) is 4.92. The van der Waals surface area contributed by atoms with Crippen molar-refractivity contribution in [3.63, 3.8) is 0 Å². The van der Waals surface area contributed by atoms with E-state index in [-0.39, 0.29) is 18.3 Å². The number of hydrogen-bond donors (Lipinski definition) is 3. The van der Waals surface area contributed by atoms with Crippen LogP contribution in [0.25, 0.3) is 0 Å². The highest BCUT2D eigenvalue weighted by Gasteiger charge is 2.14. The fourth-order valence-electron chi connectivity index (χ4n) is 3.08. The molecule has 0 saturated heterocycles. The van der Waals surface area contributed by atoms with E-state index in [2.05, 4.69) is 16.2 Å². The molecule has 182 valence electrons. The number of aryl methyl sites for hydroxylation is 2. The third-order valence-electron chi connectivity index (χ3n) is 4.72. The molecule has 0 fully saturated rings. The Balaban J connectivity index is 1.42. The monoisotopic (exact) mass is 493 g/mol. The van der Waals surface area contributed by atoms with Crippen molar-refractivity contribution in [1.29, 1.82) is 0 Å². The number of amides is 2. The number of benzene rings is 3. The van der Waals surface area contributed by atoms with Gasteiger partial charge in [-0.3, -0.25) is 25.8 Å². The molecule has 0 bridgehead atoms. The van der Waals surface area contributed by atoms with Crippen LogP contribution in [-0.4, -0.2) is 36.7 Å². The number of carbonyl (C=O) groups excluding carboxylic acids is 2. The molecule has 0 radical (unpaired) electrons. The summed E-state index contributed by atoms with van der Waals surface area (Å²) in [6, 6.07) is 21.8. The molecule has 0 aromatic heterocycles. The number of para-hydroxylation sites is 2. The van der Waals surface area contributed by atoms with Gasteiger partial charge >= 0.3 is 0 Å². The smallest absolute Gasteiger partial charge is 0.276 e. The topological polar surface area (TPSA) is 97.9 Å². The van der Waals surface area contributed by atoms with E-state index in [1.807, 2.05) is 62.4 Å². The van der Waals surface area contributed by atoms with Gasteiger partial charge in [0, 0.05) is 0 Å². The van der Waals surface area contributed by atoms with Crippen LogP contribution in [0.3, 0.4) is 0 Å². The van der Waals surface area contributed by atoms with E-state index in [4.69, 9.17) is 26.4 Å². The molecule has 9 heteroatoms. The zero-order chi connectivity index (χ0) is 25.0. The van der Waals surface area contributed by atoms with Crippen LogP contribution in [0.15, 0.2) is 72.8 Å². The van der Waals surface area contributed by atoms with Gasteiger partial charge in [0.15, 0.2) is 11.7 Å². The summed E-state index contributed by atoms with van der Waals surface area (Å²) in [6.45, 7) is 4.23. The predicted octanol–water partition coefficient (Wildman–Crippen LogP) is 3.48. The van der Waals surface area contributed by atoms with Crippen molar-refractivity contribution in [2.24, 2.45) is 0 Å². The van der Waals surface area contributed by atoms with Gasteiger partial charge in [0.2, 0.25) is 0 Å². The molecule has 0 aliphatic heterocycles. The molecule has 0 aliphatic carbocycles. The molecule has 0 unspecified atom stereocenters. The molecule has 0 aliphatic rings. The Labute approximate surface area is 209 Å². The first kappa shape index (κ1) is 25.5. The van der Waals surface area contributed by atoms with Gasteiger partial charge in [-0.2, -0.15) is 0 Å². The fourth-order valence-corrected chi connectivity index (χ4v) is 3.22. The lowest BCUT2D eigenvalue weighted by Gasteiger charge is -2.14. The molecule has 35 heavy (non-hydrogen) atoms. The highest BCUT2D eigenvalue weighted by atomic mass is 32.1. The molecule has 0 heterocycles. The van der Waals surface area contributed by atoms with E-state index in [0.717, 1.165) is 16.9 Å². The summed E-state index contributed by atoms with van der Waals surface area (Å²) in [5.41, 5.74) is 7.22. The van der Waals surface area contributed by atoms with Crippen molar-refractivity contribution in [3.05, 3.63) is 89.5 Å². The van der Waals surface area contributed by atoms with Crippen LogP contribution in [0.5, 0.6) is 17.2 Å². The van der Waals surface area contributed by atoms with Crippen LogP contribution in [-0.2, 0) is 4.79 Å². The summed E-state index contributed by atoms with van der Waals surface area (Å²) in [7, 11) is 0. The minimum atomic E-state index is -0.483. The summed E-state index contributed by atoms with van der Waals surface area (Å²) < 4.78 is 16.8. The quantitative estimate of drug-likeness (QED) is 0.239. The Bertz CT molecular complexity index is 1170. The van der Waals surface area contributed by atoms with Gasteiger partial charge in [-0.1, -0.05) is 48.0 Å². The average molecular weight is 494 g/mol. The van der Waals surface area contributed by atoms with Gasteiger partial charge in [0.25, 0.3) is 11.8 Å². The van der Waals surface area contributed by atoms with Crippen LogP contribution < -0.4 is 30.4 Å². The summed E-state index contributed by atoms with van der Waals surface area (Å²) in [4.78, 5) is 24.7. The Morgan fingerprint density at radius 1 is 0.800 bits per heavy atom. The largest absolute Gasteiger partial charge is 0.490 e. The minimum absolute atomic E-state index is 0.0721. The van der Waals surface area contributed by atoms with Crippen molar-refractivity contribution >= 4 is 29.1 Å². The zero-order valence-electron chi connectivity index (χ0n) is 19.5. The Hall–Kier alpha value is -4.11. The van der Waals surface area contributed by atoms with Crippen LogP contribution in [0.2, 0.25) is 0 Å². The number of carbonyl (C=O) groups is 2. The number of thiocarbonyl (C=S) groups is 1. The summed E-state index contributed by atoms with van der Waals surface area (Å²) in [5, 5.41) is 2.44. The lowest BCUT2D eigenvalue weighted by Crippen LogP contribution is -2.49. The molecule has 0 spiro atoms. The summed E-state index contributed by atoms with van der Waals surface area (Å²) in [5.74, 6) is 0.800. The van der Waals surface area contributed by atoms with Crippen LogP contribution in [0, 0.1) is 13.8 Å². The predicted molar refractivity (Wildman–Crippen MR) is 137 cm³/mol. The first-order valence-corrected chi connectivity index (χ1v) is 11.3. The van der Waals surface area contributed by atoms with Gasteiger partial charge in [-0.25, -0.2) is 0 Å². The van der Waals surface area contributed by atoms with Crippen molar-refractivity contribution in [2.45, 2.75) is 13.8 Å². The number of hydrazine groups is 1. The number of nitrogens with one attached hydrogen (secondary N) is 3. The second-order valence-corrected chi connectivity index (χ2v) is 7.93. The second-order valence-electron chi connectivity index (χ2n) is 7.52. The van der Waals surface area contributed by atoms with Crippen molar-refractivity contribution in [1.82, 2.24) is 16.2 Å². The molecular formula is C26H27N3O5S. The number of rotatable bonds is 9. The Morgan fingerprint density at radius 2 is 1.51 bits per heavy atom. The maximum Gasteiger partial charge on any atom is 0.276 e. The first-order chi connectivity index (χ1) is 16.9. The molecule has 2 amide bonds. The van der Waals surface area contributed by atoms with Gasteiger partial charge in [0.05, 0.1) is 5.56 Å². The Kier molecular flexibility index (Phi) is 9.44. The maximum absolute atomic E-state index is 12.7. The lowest BCUT2D eigenvalue weighted by atomic mass is 10.1. The molecule has 0 atom stereocenters. The number of ether oxygens (including phenoxy) is 3. The van der Waals surface area contributed by atoms with Crippen molar-refractivity contribution < 1.29 is 23.8 Å². The SMILES string of the molecule is Cc1ccc(OCC(=O)NNC(=S)NC(=O)c2ccccc2OCCOc2ccccc2)c(C)c1. The van der Waals surface area contributed by atoms with Gasteiger partial charge < -0.3 is 14.2 Å². The normalized spacial score (nSPS) is 10.1. The molecule has 3 N–H and O–H groups in total. The van der Waals surface area contributed by atoms with Crippen LogP contribution in [0.4, 0.5) is 0 Å². The van der Waals surface area contributed by atoms with E-state index in [9.17, 15) is 9.59 Å². The standard InChI is InChI=1S/C26H27N3O5S/c1-18-12-13-22(19(2)16-18)34-17-24(30)28-29-26(35)27-25(31)21-10-6-7-11-23(21)33-15-14-32-20-8-4-3-5-9-20/h3-13,16H,14-15,17H2,1-2H3,(H,28,30)(H2,27,29,31,35). The fraction of sp³-hybridized carbons (Fsp3) is 0.192. The van der Waals surface area contributed by atoms with E-state index in [1.54, 1.807) is 24.3 Å². The van der Waals surface area contributed by atoms with Gasteiger partial charge in [0.1, 0.15) is 30.5 Å². The molecule has 3 aromatic rings. The van der Waals surface area contributed by atoms with E-state index >= 15 is 0 Å². The minimum Gasteiger partial charge on any atom is -0.490 e. The summed E-state index contributed by atoms with van der Waals surface area (Å²) >= 11 is 5.11. The second kappa shape index (κ2) is 13.0. The first-order valence-electron chi connectivity index (χ1n) is 10.9. The third kappa shape index (κ3) is 8.31. The van der Waals surface area contributed by atoms with E-state index in [1.165, 1.54) is 0 Å². The van der Waals surface area contributed by atoms with E-state index in [0.29, 0.717) is 23.7 Å². The maximum atomic E-state index is 12.7. The highest BCUT2D eigenvalue weighted by Crippen LogP contribution is 2.19. The van der Waals surface area contributed by atoms with Gasteiger partial charge in [-0.05, 0) is 62.0 Å².